The number of methoxy groups -OCH3 is 1. The number of halogens is 1. The van der Waals surface area contributed by atoms with E-state index in [9.17, 15) is 4.79 Å². The number of carboxylic acids is 1. The number of aliphatic carboxylic acids is 1. The normalized spacial score (nSPS) is 12.8. The summed E-state index contributed by atoms with van der Waals surface area (Å²) >= 11 is 2.33. The second-order valence-electron chi connectivity index (χ2n) is 2.69. The lowest BCUT2D eigenvalue weighted by atomic mass is 10.1. The zero-order valence-corrected chi connectivity index (χ0v) is 9.41. The first-order valence-electron chi connectivity index (χ1n) is 4.01. The molecule has 0 heterocycles. The summed E-state index contributed by atoms with van der Waals surface area (Å²) in [6.07, 6.45) is 3.08. The summed E-state index contributed by atoms with van der Waals surface area (Å²) < 4.78 is 5.47. The molecule has 0 aromatic heterocycles. The van der Waals surface area contributed by atoms with Crippen molar-refractivity contribution in [1.29, 1.82) is 0 Å². The highest BCUT2D eigenvalue weighted by atomic mass is 127. The summed E-state index contributed by atoms with van der Waals surface area (Å²) in [7, 11) is 1.68. The quantitative estimate of drug-likeness (QED) is 0.443. The van der Waals surface area contributed by atoms with Crippen molar-refractivity contribution in [3.05, 3.63) is 0 Å². The Morgan fingerprint density at radius 3 is 2.75 bits per heavy atom. The maximum absolute atomic E-state index is 10.1. The Labute approximate surface area is 86.6 Å². The third-order valence-corrected chi connectivity index (χ3v) is 2.49. The number of ether oxygens (including phenoxy) is 1. The Bertz CT molecular complexity index is 127. The summed E-state index contributed by atoms with van der Waals surface area (Å²) in [5, 5.41) is 8.36. The summed E-state index contributed by atoms with van der Waals surface area (Å²) in [5.74, 6) is -0.702. The highest BCUT2D eigenvalue weighted by Gasteiger charge is 2.03. The number of alkyl halides is 1. The molecule has 0 spiro atoms. The Hall–Kier alpha value is 0.160. The molecule has 3 nitrogen and oxygen atoms in total. The van der Waals surface area contributed by atoms with Crippen molar-refractivity contribution in [1.82, 2.24) is 0 Å². The van der Waals surface area contributed by atoms with Gasteiger partial charge in [-0.1, -0.05) is 29.0 Å². The number of carboxylic acid groups (broad SMARTS) is 1. The van der Waals surface area contributed by atoms with Gasteiger partial charge in [-0.3, -0.25) is 4.79 Å². The van der Waals surface area contributed by atoms with Crippen molar-refractivity contribution in [2.45, 2.75) is 29.6 Å². The van der Waals surface area contributed by atoms with E-state index in [1.165, 1.54) is 0 Å². The van der Waals surface area contributed by atoms with Crippen molar-refractivity contribution >= 4 is 28.6 Å². The molecule has 4 heteroatoms. The Morgan fingerprint density at radius 1 is 1.58 bits per heavy atom. The minimum absolute atomic E-state index is 0.288. The summed E-state index contributed by atoms with van der Waals surface area (Å²) in [6.45, 7) is 0.758. The van der Waals surface area contributed by atoms with Crippen LogP contribution < -0.4 is 0 Å². The van der Waals surface area contributed by atoms with Gasteiger partial charge in [-0.15, -0.1) is 0 Å². The van der Waals surface area contributed by atoms with E-state index in [4.69, 9.17) is 9.84 Å². The van der Waals surface area contributed by atoms with Crippen LogP contribution in [0, 0.1) is 0 Å². The lowest BCUT2D eigenvalue weighted by Crippen LogP contribution is -2.06. The molecule has 72 valence electrons. The maximum atomic E-state index is 10.1. The van der Waals surface area contributed by atoms with Crippen LogP contribution in [0.3, 0.4) is 0 Å². The Morgan fingerprint density at radius 2 is 2.25 bits per heavy atom. The molecular formula is C8H15IO3. The van der Waals surface area contributed by atoms with Crippen LogP contribution in [-0.4, -0.2) is 28.7 Å². The molecule has 0 aromatic rings. The van der Waals surface area contributed by atoms with Crippen molar-refractivity contribution in [2.24, 2.45) is 0 Å². The van der Waals surface area contributed by atoms with Crippen LogP contribution in [0.5, 0.6) is 0 Å². The van der Waals surface area contributed by atoms with E-state index >= 15 is 0 Å². The monoisotopic (exact) mass is 286 g/mol. The molecule has 0 radical (unpaired) electrons. The van der Waals surface area contributed by atoms with Gasteiger partial charge in [0.05, 0.1) is 6.61 Å². The average Bonchev–Trinajstić information content (AvgIpc) is 1.98. The van der Waals surface area contributed by atoms with Crippen LogP contribution in [0.2, 0.25) is 0 Å². The van der Waals surface area contributed by atoms with Gasteiger partial charge in [0.25, 0.3) is 0 Å². The molecule has 0 bridgehead atoms. The maximum Gasteiger partial charge on any atom is 0.303 e. The minimum Gasteiger partial charge on any atom is -0.481 e. The van der Waals surface area contributed by atoms with Crippen LogP contribution in [-0.2, 0) is 9.53 Å². The zero-order chi connectivity index (χ0) is 9.40. The smallest absolute Gasteiger partial charge is 0.303 e. The minimum atomic E-state index is -0.702. The lowest BCUT2D eigenvalue weighted by molar-refractivity contribution is -0.137. The topological polar surface area (TPSA) is 46.5 Å². The van der Waals surface area contributed by atoms with E-state index in [2.05, 4.69) is 22.6 Å². The third-order valence-electron chi connectivity index (χ3n) is 1.51. The van der Waals surface area contributed by atoms with Gasteiger partial charge >= 0.3 is 5.97 Å². The molecular weight excluding hydrogens is 271 g/mol. The van der Waals surface area contributed by atoms with Crippen molar-refractivity contribution in [3.63, 3.8) is 0 Å². The predicted molar refractivity (Wildman–Crippen MR) is 55.8 cm³/mol. The van der Waals surface area contributed by atoms with E-state index in [0.29, 0.717) is 3.92 Å². The molecule has 12 heavy (non-hydrogen) atoms. The standard InChI is InChI=1S/C8H15IO3/c1-12-6-7(9)4-2-3-5-8(10)11/h7H,2-6H2,1H3,(H,10,11). The van der Waals surface area contributed by atoms with Gasteiger partial charge in [0.15, 0.2) is 0 Å². The number of rotatable bonds is 7. The number of hydrogen-bond acceptors (Lipinski definition) is 2. The fourth-order valence-corrected chi connectivity index (χ4v) is 1.71. The van der Waals surface area contributed by atoms with Crippen LogP contribution in [0.15, 0.2) is 0 Å². The molecule has 0 aliphatic heterocycles. The van der Waals surface area contributed by atoms with Gasteiger partial charge < -0.3 is 9.84 Å². The predicted octanol–water partition coefficient (Wildman–Crippen LogP) is 2.08. The number of carbonyl (C=O) groups is 1. The second kappa shape index (κ2) is 7.79. The van der Waals surface area contributed by atoms with Gasteiger partial charge in [-0.2, -0.15) is 0 Å². The molecule has 1 N–H and O–H groups in total. The fourth-order valence-electron chi connectivity index (χ4n) is 0.906. The Kier molecular flexibility index (Phi) is 7.89. The summed E-state index contributed by atoms with van der Waals surface area (Å²) in [4.78, 5) is 10.1. The average molecular weight is 286 g/mol. The summed E-state index contributed by atoms with van der Waals surface area (Å²) in [5.41, 5.74) is 0. The van der Waals surface area contributed by atoms with Gasteiger partial charge in [0.1, 0.15) is 0 Å². The molecule has 1 atom stereocenters. The molecule has 1 unspecified atom stereocenters. The SMILES string of the molecule is COCC(I)CCCCC(=O)O. The first-order valence-corrected chi connectivity index (χ1v) is 5.26. The second-order valence-corrected chi connectivity index (χ2v) is 4.45. The zero-order valence-electron chi connectivity index (χ0n) is 7.25. The molecule has 0 amide bonds. The molecule has 0 fully saturated rings. The number of hydrogen-bond donors (Lipinski definition) is 1. The highest BCUT2D eigenvalue weighted by molar-refractivity contribution is 14.1. The molecule has 0 aliphatic rings. The van der Waals surface area contributed by atoms with E-state index in [1.54, 1.807) is 7.11 Å². The van der Waals surface area contributed by atoms with E-state index in [1.807, 2.05) is 0 Å². The fraction of sp³-hybridized carbons (Fsp3) is 0.875. The Balaban J connectivity index is 3.13. The van der Waals surface area contributed by atoms with Gasteiger partial charge in [0.2, 0.25) is 0 Å². The number of unbranched alkanes of at least 4 members (excludes halogenated alkanes) is 1. The van der Waals surface area contributed by atoms with E-state index < -0.39 is 5.97 Å². The van der Waals surface area contributed by atoms with Gasteiger partial charge in [-0.25, -0.2) is 0 Å². The van der Waals surface area contributed by atoms with Crippen LogP contribution >= 0.6 is 22.6 Å². The first kappa shape index (κ1) is 12.2. The van der Waals surface area contributed by atoms with Crippen LogP contribution in [0.4, 0.5) is 0 Å². The van der Waals surface area contributed by atoms with E-state index in [-0.39, 0.29) is 6.42 Å². The van der Waals surface area contributed by atoms with Crippen molar-refractivity contribution in [3.8, 4) is 0 Å². The summed E-state index contributed by atoms with van der Waals surface area (Å²) in [6, 6.07) is 0. The van der Waals surface area contributed by atoms with Gasteiger partial charge in [0, 0.05) is 17.5 Å². The largest absolute Gasteiger partial charge is 0.481 e. The highest BCUT2D eigenvalue weighted by Crippen LogP contribution is 2.11. The molecule has 0 aromatic carbocycles. The molecule has 0 rings (SSSR count). The molecule has 0 saturated carbocycles. The lowest BCUT2D eigenvalue weighted by Gasteiger charge is -2.06. The third kappa shape index (κ3) is 8.26. The van der Waals surface area contributed by atoms with Gasteiger partial charge in [-0.05, 0) is 12.8 Å². The van der Waals surface area contributed by atoms with Crippen LogP contribution in [0.1, 0.15) is 25.7 Å². The first-order chi connectivity index (χ1) is 5.66. The van der Waals surface area contributed by atoms with Crippen molar-refractivity contribution in [2.75, 3.05) is 13.7 Å². The van der Waals surface area contributed by atoms with E-state index in [0.717, 1.165) is 25.9 Å². The molecule has 0 saturated heterocycles. The molecule has 0 aliphatic carbocycles. The van der Waals surface area contributed by atoms with Crippen molar-refractivity contribution < 1.29 is 14.6 Å². The van der Waals surface area contributed by atoms with Crippen LogP contribution in [0.25, 0.3) is 0 Å².